The largest absolute Gasteiger partial charge is 0.397 e. The first-order valence-electron chi connectivity index (χ1n) is 17.8. The van der Waals surface area contributed by atoms with Crippen LogP contribution in [0.2, 0.25) is 0 Å². The van der Waals surface area contributed by atoms with Crippen molar-refractivity contribution in [2.75, 3.05) is 29.5 Å². The number of fused-ring (bicyclic) bond motifs is 2. The third-order valence-electron chi connectivity index (χ3n) is 10.3. The van der Waals surface area contributed by atoms with Crippen molar-refractivity contribution in [1.29, 1.82) is 0 Å². The molecule has 0 aromatic heterocycles. The van der Waals surface area contributed by atoms with E-state index < -0.39 is 6.29 Å². The first-order chi connectivity index (χ1) is 23.5. The van der Waals surface area contributed by atoms with Crippen LogP contribution in [0, 0.1) is 10.8 Å². The summed E-state index contributed by atoms with van der Waals surface area (Å²) in [5.74, 6) is -0.209. The second kappa shape index (κ2) is 15.0. The smallest absolute Gasteiger partial charge is 0.224 e. The van der Waals surface area contributed by atoms with Crippen LogP contribution in [0.3, 0.4) is 0 Å². The molecule has 2 unspecified atom stereocenters. The van der Waals surface area contributed by atoms with Crippen molar-refractivity contribution in [2.24, 2.45) is 10.8 Å². The highest BCUT2D eigenvalue weighted by atomic mass is 16.7. The molecular formula is C40H52N4O5. The molecule has 0 radical (unpaired) electrons. The van der Waals surface area contributed by atoms with Crippen LogP contribution in [0.5, 0.6) is 0 Å². The van der Waals surface area contributed by atoms with E-state index in [2.05, 4.69) is 36.3 Å². The molecule has 3 aromatic rings. The number of hydrogen-bond donors (Lipinski definition) is 4. The topological polar surface area (TPSA) is 126 Å². The molecule has 5 atom stereocenters. The summed E-state index contributed by atoms with van der Waals surface area (Å²) in [6, 6.07) is 23.4. The Morgan fingerprint density at radius 1 is 0.878 bits per heavy atom. The molecular weight excluding hydrogens is 616 g/mol. The molecule has 1 saturated carbocycles. The molecule has 1 aliphatic carbocycles. The lowest BCUT2D eigenvalue weighted by molar-refractivity contribution is -0.253. The molecule has 9 nitrogen and oxygen atoms in total. The third kappa shape index (κ3) is 9.08. The fraction of sp³-hybridized carbons (Fsp3) is 0.500. The Bertz CT molecular complexity index is 1590. The third-order valence-corrected chi connectivity index (χ3v) is 10.3. The number of nitrogen functional groups attached to an aromatic ring is 1. The van der Waals surface area contributed by atoms with Gasteiger partial charge in [-0.15, -0.1) is 0 Å². The number of likely N-dealkylation sites (tertiary alicyclic amines) is 1. The van der Waals surface area contributed by atoms with Crippen LogP contribution in [0.25, 0.3) is 0 Å². The number of carbonyl (C=O) groups is 2. The van der Waals surface area contributed by atoms with Gasteiger partial charge in [0.25, 0.3) is 0 Å². The van der Waals surface area contributed by atoms with Crippen molar-refractivity contribution in [3.8, 4) is 0 Å². The fourth-order valence-electron chi connectivity index (χ4n) is 8.43. The summed E-state index contributed by atoms with van der Waals surface area (Å²) in [7, 11) is 0. The van der Waals surface area contributed by atoms with Crippen LogP contribution in [0.15, 0.2) is 72.8 Å². The maximum Gasteiger partial charge on any atom is 0.224 e. The number of anilines is 3. The molecule has 5 N–H and O–H groups in total. The summed E-state index contributed by atoms with van der Waals surface area (Å²) in [6.07, 6.45) is 5.64. The summed E-state index contributed by atoms with van der Waals surface area (Å²) < 4.78 is 13.3. The zero-order chi connectivity index (χ0) is 34.6. The lowest BCUT2D eigenvalue weighted by atomic mass is 9.65. The molecule has 9 heteroatoms. The summed E-state index contributed by atoms with van der Waals surface area (Å²) in [4.78, 5) is 27.6. The number of rotatable bonds is 12. The molecule has 2 saturated heterocycles. The monoisotopic (exact) mass is 668 g/mol. The maximum atomic E-state index is 12.7. The van der Waals surface area contributed by atoms with Crippen LogP contribution in [-0.4, -0.2) is 47.1 Å². The van der Waals surface area contributed by atoms with Gasteiger partial charge in [-0.3, -0.25) is 14.5 Å². The highest BCUT2D eigenvalue weighted by molar-refractivity contribution is 5.94. The van der Waals surface area contributed by atoms with Crippen molar-refractivity contribution in [3.63, 3.8) is 0 Å². The Morgan fingerprint density at radius 3 is 2.24 bits per heavy atom. The molecule has 2 amide bonds. The van der Waals surface area contributed by atoms with Crippen LogP contribution in [-0.2, 0) is 25.7 Å². The molecule has 3 aliphatic rings. The normalized spacial score (nSPS) is 26.3. The zero-order valence-corrected chi connectivity index (χ0v) is 29.1. The van der Waals surface area contributed by atoms with E-state index in [1.165, 1.54) is 19.3 Å². The summed E-state index contributed by atoms with van der Waals surface area (Å²) in [5, 5.41) is 15.4. The van der Waals surface area contributed by atoms with E-state index in [1.54, 1.807) is 12.1 Å². The molecule has 6 rings (SSSR count). The SMILES string of the molecule is CC1(C)CC2CC(C)(CN2C[C@H]2C[C@@H](c3ccc(CO)cc3)O[C@@H](c3ccc(NC(=O)CCCCC(=O)Nc4ccccc4N)cc3)O2)C1. The van der Waals surface area contributed by atoms with Crippen LogP contribution in [0.1, 0.15) is 101 Å². The standard InChI is InChI=1S/C40H52N4O5/c1-39(2)21-31-22-40(3,25-39)26-44(31)23-32-20-35(28-14-12-27(24-45)13-15-28)49-38(48-32)29-16-18-30(19-17-29)42-36(46)10-6-7-11-37(47)43-34-9-5-4-8-33(34)41/h4-5,8-9,12-19,31-32,35,38,45H,6-7,10-11,20-26,41H2,1-3H3,(H,42,46)(H,43,47)/t31?,32-,35+,38+,40?/m1/s1. The van der Waals surface area contributed by atoms with Gasteiger partial charge in [-0.05, 0) is 78.3 Å². The van der Waals surface area contributed by atoms with E-state index in [9.17, 15) is 14.7 Å². The average Bonchev–Trinajstić information content (AvgIpc) is 3.31. The molecule has 2 bridgehead atoms. The number of benzene rings is 3. The van der Waals surface area contributed by atoms with Gasteiger partial charge in [-0.2, -0.15) is 0 Å². The van der Waals surface area contributed by atoms with Gasteiger partial charge in [0.05, 0.1) is 30.2 Å². The molecule has 49 heavy (non-hydrogen) atoms. The molecule has 0 spiro atoms. The average molecular weight is 669 g/mol. The van der Waals surface area contributed by atoms with Gasteiger partial charge in [-0.1, -0.05) is 69.3 Å². The lowest BCUT2D eigenvalue weighted by Crippen LogP contribution is -2.42. The number of amides is 2. The van der Waals surface area contributed by atoms with Gasteiger partial charge in [-0.25, -0.2) is 0 Å². The highest BCUT2D eigenvalue weighted by Gasteiger charge is 2.50. The summed E-state index contributed by atoms with van der Waals surface area (Å²) in [5.41, 5.74) is 11.3. The number of nitrogens with one attached hydrogen (secondary N) is 2. The minimum Gasteiger partial charge on any atom is -0.397 e. The number of nitrogens with zero attached hydrogens (tertiary/aromatic N) is 1. The predicted molar refractivity (Wildman–Crippen MR) is 193 cm³/mol. The van der Waals surface area contributed by atoms with Crippen molar-refractivity contribution in [2.45, 2.75) is 103 Å². The van der Waals surface area contributed by atoms with Gasteiger partial charge in [0, 0.05) is 49.6 Å². The van der Waals surface area contributed by atoms with Gasteiger partial charge in [0.2, 0.25) is 11.8 Å². The number of nitrogens with two attached hydrogens (primary N) is 1. The molecule has 3 fully saturated rings. The summed E-state index contributed by atoms with van der Waals surface area (Å²) in [6.45, 7) is 9.25. The van der Waals surface area contributed by atoms with E-state index in [0.29, 0.717) is 59.6 Å². The highest BCUT2D eigenvalue weighted by Crippen LogP contribution is 2.53. The Kier molecular flexibility index (Phi) is 10.7. The van der Waals surface area contributed by atoms with Crippen molar-refractivity contribution in [3.05, 3.63) is 89.5 Å². The molecule has 2 aliphatic heterocycles. The van der Waals surface area contributed by atoms with Crippen molar-refractivity contribution >= 4 is 28.9 Å². The maximum absolute atomic E-state index is 12.7. The number of ether oxygens (including phenoxy) is 2. The van der Waals surface area contributed by atoms with Crippen LogP contribution in [0.4, 0.5) is 17.1 Å². The van der Waals surface area contributed by atoms with E-state index in [-0.39, 0.29) is 30.6 Å². The molecule has 3 aromatic carbocycles. The number of carbonyl (C=O) groups excluding carboxylic acids is 2. The Morgan fingerprint density at radius 2 is 1.55 bits per heavy atom. The Hall–Kier alpha value is -3.76. The van der Waals surface area contributed by atoms with Crippen LogP contribution >= 0.6 is 0 Å². The lowest BCUT2D eigenvalue weighted by Gasteiger charge is -2.41. The number of para-hydroxylation sites is 2. The number of aliphatic hydroxyl groups is 1. The number of hydrogen-bond acceptors (Lipinski definition) is 7. The Balaban J connectivity index is 1.04. The quantitative estimate of drug-likeness (QED) is 0.118. The van der Waals surface area contributed by atoms with E-state index in [0.717, 1.165) is 36.2 Å². The number of aliphatic hydroxyl groups excluding tert-OH is 1. The van der Waals surface area contributed by atoms with Gasteiger partial charge in [0.1, 0.15) is 0 Å². The predicted octanol–water partition coefficient (Wildman–Crippen LogP) is 7.34. The van der Waals surface area contributed by atoms with E-state index >= 15 is 0 Å². The van der Waals surface area contributed by atoms with Gasteiger partial charge in [0.15, 0.2) is 6.29 Å². The summed E-state index contributed by atoms with van der Waals surface area (Å²) >= 11 is 0. The second-order valence-corrected chi connectivity index (χ2v) is 15.5. The number of unbranched alkanes of at least 4 members (excludes halogenated alkanes) is 1. The minimum absolute atomic E-state index is 0.00107. The molecule has 262 valence electrons. The molecule has 2 heterocycles. The minimum atomic E-state index is -0.544. The Labute approximate surface area is 290 Å². The fourth-order valence-corrected chi connectivity index (χ4v) is 8.43. The van der Waals surface area contributed by atoms with Gasteiger partial charge < -0.3 is 30.9 Å². The van der Waals surface area contributed by atoms with Crippen molar-refractivity contribution in [1.82, 2.24) is 4.90 Å². The van der Waals surface area contributed by atoms with Crippen LogP contribution < -0.4 is 16.4 Å². The van der Waals surface area contributed by atoms with Gasteiger partial charge >= 0.3 is 0 Å². The first-order valence-corrected chi connectivity index (χ1v) is 17.8. The van der Waals surface area contributed by atoms with E-state index in [4.69, 9.17) is 15.2 Å². The van der Waals surface area contributed by atoms with Crippen molar-refractivity contribution < 1.29 is 24.2 Å². The second-order valence-electron chi connectivity index (χ2n) is 15.5. The first kappa shape index (κ1) is 35.1. The zero-order valence-electron chi connectivity index (χ0n) is 29.1. The van der Waals surface area contributed by atoms with E-state index in [1.807, 2.05) is 60.7 Å².